The molecule has 2 aromatic rings. The van der Waals surface area contributed by atoms with Crippen molar-refractivity contribution >= 4 is 61.9 Å². The molecular formula is C15H15Cl2N3O2S2. The third kappa shape index (κ3) is 4.98. The Hall–Kier alpha value is -1.54. The van der Waals surface area contributed by atoms with Crippen LogP contribution < -0.4 is 15.4 Å². The summed E-state index contributed by atoms with van der Waals surface area (Å²) in [5.74, 6) is 0. The van der Waals surface area contributed by atoms with Gasteiger partial charge in [0.15, 0.2) is 5.11 Å². The van der Waals surface area contributed by atoms with E-state index in [0.29, 0.717) is 28.1 Å². The first-order valence-corrected chi connectivity index (χ1v) is 9.59. The van der Waals surface area contributed by atoms with Crippen molar-refractivity contribution in [2.45, 2.75) is 11.8 Å². The molecule has 0 radical (unpaired) electrons. The van der Waals surface area contributed by atoms with Crippen molar-refractivity contribution in [1.82, 2.24) is 5.32 Å². The van der Waals surface area contributed by atoms with Crippen molar-refractivity contribution in [2.24, 2.45) is 0 Å². The predicted octanol–water partition coefficient (Wildman–Crippen LogP) is 4.10. The number of anilines is 2. The second kappa shape index (κ2) is 8.02. The fraction of sp³-hybridized carbons (Fsp3) is 0.133. The molecule has 0 aliphatic rings. The molecule has 0 amide bonds. The monoisotopic (exact) mass is 403 g/mol. The number of thiocarbonyl (C=S) groups is 1. The fourth-order valence-electron chi connectivity index (χ4n) is 1.88. The van der Waals surface area contributed by atoms with Gasteiger partial charge in [-0.15, -0.1) is 0 Å². The summed E-state index contributed by atoms with van der Waals surface area (Å²) in [6, 6.07) is 11.0. The van der Waals surface area contributed by atoms with Crippen LogP contribution in [0.25, 0.3) is 0 Å². The molecule has 24 heavy (non-hydrogen) atoms. The summed E-state index contributed by atoms with van der Waals surface area (Å²) in [5, 5.41) is 6.74. The smallest absolute Gasteiger partial charge is 0.263 e. The number of sulfonamides is 1. The first-order valence-electron chi connectivity index (χ1n) is 6.94. The maximum absolute atomic E-state index is 12.6. The highest BCUT2D eigenvalue weighted by atomic mass is 35.5. The predicted molar refractivity (Wildman–Crippen MR) is 104 cm³/mol. The van der Waals surface area contributed by atoms with Gasteiger partial charge < -0.3 is 10.6 Å². The van der Waals surface area contributed by atoms with Gasteiger partial charge in [0.2, 0.25) is 0 Å². The molecule has 0 heterocycles. The molecule has 9 heteroatoms. The van der Waals surface area contributed by atoms with Gasteiger partial charge >= 0.3 is 0 Å². The van der Waals surface area contributed by atoms with E-state index in [1.807, 2.05) is 6.92 Å². The van der Waals surface area contributed by atoms with E-state index >= 15 is 0 Å². The molecular weight excluding hydrogens is 389 g/mol. The first-order chi connectivity index (χ1) is 11.3. The lowest BCUT2D eigenvalue weighted by atomic mass is 10.3. The largest absolute Gasteiger partial charge is 0.363 e. The molecule has 2 rings (SSSR count). The van der Waals surface area contributed by atoms with Crippen LogP contribution in [0.2, 0.25) is 10.0 Å². The SMILES string of the molecule is CCNC(=S)Nc1ccc(Cl)c(S(=O)(=O)Nc2cccc(Cl)c2)c1. The van der Waals surface area contributed by atoms with E-state index in [2.05, 4.69) is 15.4 Å². The number of rotatable bonds is 5. The molecule has 0 aliphatic heterocycles. The molecule has 0 saturated carbocycles. The van der Waals surface area contributed by atoms with E-state index in [-0.39, 0.29) is 9.92 Å². The molecule has 3 N–H and O–H groups in total. The summed E-state index contributed by atoms with van der Waals surface area (Å²) >= 11 is 17.0. The molecule has 2 aromatic carbocycles. The van der Waals surface area contributed by atoms with Crippen molar-refractivity contribution in [3.05, 3.63) is 52.5 Å². The van der Waals surface area contributed by atoms with Crippen LogP contribution in [-0.2, 0) is 10.0 Å². The summed E-state index contributed by atoms with van der Waals surface area (Å²) in [4.78, 5) is -0.0616. The number of halogens is 2. The van der Waals surface area contributed by atoms with Gasteiger partial charge in [0.25, 0.3) is 10.0 Å². The molecule has 0 unspecified atom stereocenters. The standard InChI is InChI=1S/C15H15Cl2N3O2S2/c1-2-18-15(23)19-11-6-7-13(17)14(9-11)24(21,22)20-12-5-3-4-10(16)8-12/h3-9,20H,2H2,1H3,(H2,18,19,23). The Labute approximate surface area is 156 Å². The number of nitrogens with one attached hydrogen (secondary N) is 3. The minimum atomic E-state index is -3.88. The Morgan fingerprint density at radius 2 is 1.88 bits per heavy atom. The fourth-order valence-corrected chi connectivity index (χ4v) is 3.91. The summed E-state index contributed by atoms with van der Waals surface area (Å²) in [5.41, 5.74) is 0.858. The van der Waals surface area contributed by atoms with Crippen LogP contribution in [0.1, 0.15) is 6.92 Å². The summed E-state index contributed by atoms with van der Waals surface area (Å²) in [6.45, 7) is 2.56. The normalized spacial score (nSPS) is 11.0. The van der Waals surface area contributed by atoms with Gasteiger partial charge in [-0.2, -0.15) is 0 Å². The average molecular weight is 404 g/mol. The number of benzene rings is 2. The third-order valence-electron chi connectivity index (χ3n) is 2.89. The molecule has 0 fully saturated rings. The molecule has 0 aromatic heterocycles. The highest BCUT2D eigenvalue weighted by Gasteiger charge is 2.19. The maximum atomic E-state index is 12.6. The van der Waals surface area contributed by atoms with E-state index in [9.17, 15) is 8.42 Å². The Morgan fingerprint density at radius 1 is 1.12 bits per heavy atom. The summed E-state index contributed by atoms with van der Waals surface area (Å²) in [7, 11) is -3.88. The van der Waals surface area contributed by atoms with E-state index in [0.717, 1.165) is 0 Å². The van der Waals surface area contributed by atoms with Crippen molar-refractivity contribution in [3.8, 4) is 0 Å². The van der Waals surface area contributed by atoms with Crippen LogP contribution in [0.3, 0.4) is 0 Å². The lowest BCUT2D eigenvalue weighted by molar-refractivity contribution is 0.601. The van der Waals surface area contributed by atoms with Crippen LogP contribution in [0, 0.1) is 0 Å². The van der Waals surface area contributed by atoms with Gasteiger partial charge in [-0.3, -0.25) is 4.72 Å². The van der Waals surface area contributed by atoms with E-state index in [1.54, 1.807) is 24.3 Å². The molecule has 0 atom stereocenters. The lowest BCUT2D eigenvalue weighted by Gasteiger charge is -2.13. The van der Waals surface area contributed by atoms with Crippen molar-refractivity contribution < 1.29 is 8.42 Å². The minimum absolute atomic E-state index is 0.0616. The maximum Gasteiger partial charge on any atom is 0.263 e. The van der Waals surface area contributed by atoms with Crippen LogP contribution in [0.15, 0.2) is 47.4 Å². The average Bonchev–Trinajstić information content (AvgIpc) is 2.49. The van der Waals surface area contributed by atoms with Gasteiger partial charge in [-0.25, -0.2) is 8.42 Å². The number of hydrogen-bond donors (Lipinski definition) is 3. The molecule has 5 nitrogen and oxygen atoms in total. The van der Waals surface area contributed by atoms with E-state index in [1.165, 1.54) is 18.2 Å². The van der Waals surface area contributed by atoms with Gasteiger partial charge in [0.1, 0.15) is 4.90 Å². The Bertz CT molecular complexity index is 858. The van der Waals surface area contributed by atoms with Crippen molar-refractivity contribution in [2.75, 3.05) is 16.6 Å². The van der Waals surface area contributed by atoms with Crippen LogP contribution in [0.5, 0.6) is 0 Å². The second-order valence-corrected chi connectivity index (χ2v) is 7.65. The molecule has 0 bridgehead atoms. The van der Waals surface area contributed by atoms with Crippen molar-refractivity contribution in [1.29, 1.82) is 0 Å². The Morgan fingerprint density at radius 3 is 2.54 bits per heavy atom. The third-order valence-corrected chi connectivity index (χ3v) is 5.24. The zero-order valence-corrected chi connectivity index (χ0v) is 15.8. The quantitative estimate of drug-likeness (QED) is 0.655. The van der Waals surface area contributed by atoms with E-state index in [4.69, 9.17) is 35.4 Å². The molecule has 0 aliphatic carbocycles. The van der Waals surface area contributed by atoms with Gasteiger partial charge in [-0.05, 0) is 55.5 Å². The van der Waals surface area contributed by atoms with Gasteiger partial charge in [-0.1, -0.05) is 29.3 Å². The molecule has 128 valence electrons. The highest BCUT2D eigenvalue weighted by Crippen LogP contribution is 2.27. The van der Waals surface area contributed by atoms with Gasteiger partial charge in [0.05, 0.1) is 10.7 Å². The highest BCUT2D eigenvalue weighted by molar-refractivity contribution is 7.92. The van der Waals surface area contributed by atoms with Crippen LogP contribution in [0.4, 0.5) is 11.4 Å². The zero-order valence-electron chi connectivity index (χ0n) is 12.6. The summed E-state index contributed by atoms with van der Waals surface area (Å²) in [6.07, 6.45) is 0. The zero-order chi connectivity index (χ0) is 17.7. The minimum Gasteiger partial charge on any atom is -0.363 e. The van der Waals surface area contributed by atoms with Crippen molar-refractivity contribution in [3.63, 3.8) is 0 Å². The Kier molecular flexibility index (Phi) is 6.28. The topological polar surface area (TPSA) is 70.2 Å². The second-order valence-electron chi connectivity index (χ2n) is 4.75. The molecule has 0 saturated heterocycles. The van der Waals surface area contributed by atoms with Crippen LogP contribution >= 0.6 is 35.4 Å². The molecule has 0 spiro atoms. The first kappa shape index (κ1) is 18.8. The van der Waals surface area contributed by atoms with Crippen LogP contribution in [-0.4, -0.2) is 20.1 Å². The lowest BCUT2D eigenvalue weighted by Crippen LogP contribution is -2.28. The summed E-state index contributed by atoms with van der Waals surface area (Å²) < 4.78 is 27.6. The number of hydrogen-bond acceptors (Lipinski definition) is 3. The van der Waals surface area contributed by atoms with E-state index < -0.39 is 10.0 Å². The van der Waals surface area contributed by atoms with Gasteiger partial charge in [0, 0.05) is 17.3 Å². The Balaban J connectivity index is 2.30.